The lowest BCUT2D eigenvalue weighted by atomic mass is 9.76. The van der Waals surface area contributed by atoms with E-state index in [0.29, 0.717) is 24.4 Å². The van der Waals surface area contributed by atoms with Crippen LogP contribution in [0.1, 0.15) is 39.0 Å². The number of unbranched alkanes of at least 4 members (excludes halogenated alkanes) is 1. The second-order valence-electron chi connectivity index (χ2n) is 7.57. The molecule has 9 heteroatoms. The van der Waals surface area contributed by atoms with Crippen molar-refractivity contribution < 1.29 is 13.2 Å². The lowest BCUT2D eigenvalue weighted by Gasteiger charge is -2.41. The van der Waals surface area contributed by atoms with Crippen LogP contribution in [-0.2, 0) is 14.8 Å². The number of sulfonamides is 1. The van der Waals surface area contributed by atoms with Gasteiger partial charge in [-0.25, -0.2) is 8.42 Å². The van der Waals surface area contributed by atoms with E-state index in [0.717, 1.165) is 19.3 Å². The molecule has 0 bridgehead atoms. The van der Waals surface area contributed by atoms with E-state index < -0.39 is 15.6 Å². The van der Waals surface area contributed by atoms with E-state index in [-0.39, 0.29) is 29.2 Å². The fraction of sp³-hybridized carbons (Fsp3) is 0.579. The first-order chi connectivity index (χ1) is 13.2. The van der Waals surface area contributed by atoms with Gasteiger partial charge in [-0.05, 0) is 43.5 Å². The SMILES string of the molecule is CCCC[C@]1(C2CCCN(S(=O)(=O)c3ccc(Cl)cc3)C2)NC(=N)N(C)C1=O. The van der Waals surface area contributed by atoms with Gasteiger partial charge >= 0.3 is 0 Å². The maximum absolute atomic E-state index is 13.1. The van der Waals surface area contributed by atoms with Crippen LogP contribution in [0.4, 0.5) is 0 Å². The average molecular weight is 427 g/mol. The second kappa shape index (κ2) is 8.00. The van der Waals surface area contributed by atoms with E-state index in [4.69, 9.17) is 17.0 Å². The minimum absolute atomic E-state index is 0.0822. The van der Waals surface area contributed by atoms with Crippen LogP contribution in [0.3, 0.4) is 0 Å². The molecule has 0 spiro atoms. The normalized spacial score (nSPS) is 26.5. The Morgan fingerprint density at radius 1 is 1.32 bits per heavy atom. The van der Waals surface area contributed by atoms with Crippen molar-refractivity contribution in [3.05, 3.63) is 29.3 Å². The van der Waals surface area contributed by atoms with Crippen molar-refractivity contribution in [3.63, 3.8) is 0 Å². The highest BCUT2D eigenvalue weighted by Crippen LogP contribution is 2.37. The largest absolute Gasteiger partial charge is 0.341 e. The summed E-state index contributed by atoms with van der Waals surface area (Å²) in [6.07, 6.45) is 3.77. The fourth-order valence-electron chi connectivity index (χ4n) is 4.17. The molecule has 0 aliphatic carbocycles. The van der Waals surface area contributed by atoms with Gasteiger partial charge in [0.05, 0.1) is 4.90 Å². The van der Waals surface area contributed by atoms with Crippen molar-refractivity contribution in [2.75, 3.05) is 20.1 Å². The summed E-state index contributed by atoms with van der Waals surface area (Å²) in [6.45, 7) is 2.74. The Hall–Kier alpha value is -1.64. The summed E-state index contributed by atoms with van der Waals surface area (Å²) in [7, 11) is -2.07. The van der Waals surface area contributed by atoms with E-state index in [1.165, 1.54) is 21.3 Å². The number of piperidine rings is 1. The molecule has 2 heterocycles. The number of amides is 1. The second-order valence-corrected chi connectivity index (χ2v) is 9.94. The van der Waals surface area contributed by atoms with Crippen LogP contribution in [0.15, 0.2) is 29.2 Å². The summed E-state index contributed by atoms with van der Waals surface area (Å²) in [6, 6.07) is 6.15. The molecule has 1 aromatic rings. The van der Waals surface area contributed by atoms with Crippen LogP contribution in [0.5, 0.6) is 0 Å². The molecule has 7 nitrogen and oxygen atoms in total. The average Bonchev–Trinajstić information content (AvgIpc) is 2.91. The minimum Gasteiger partial charge on any atom is -0.341 e. The Labute approximate surface area is 171 Å². The predicted molar refractivity (Wildman–Crippen MR) is 109 cm³/mol. The first-order valence-corrected chi connectivity index (χ1v) is 11.4. The third kappa shape index (κ3) is 3.65. The Balaban J connectivity index is 1.89. The summed E-state index contributed by atoms with van der Waals surface area (Å²) in [5.74, 6) is -0.242. The van der Waals surface area contributed by atoms with Crippen LogP contribution in [0.25, 0.3) is 0 Å². The summed E-state index contributed by atoms with van der Waals surface area (Å²) in [4.78, 5) is 14.6. The molecule has 2 atom stereocenters. The molecule has 3 rings (SSSR count). The quantitative estimate of drug-likeness (QED) is 0.731. The van der Waals surface area contributed by atoms with Crippen molar-refractivity contribution >= 4 is 33.5 Å². The van der Waals surface area contributed by atoms with Crippen LogP contribution < -0.4 is 5.32 Å². The van der Waals surface area contributed by atoms with E-state index >= 15 is 0 Å². The van der Waals surface area contributed by atoms with E-state index in [1.807, 2.05) is 0 Å². The maximum Gasteiger partial charge on any atom is 0.255 e. The molecule has 154 valence electrons. The van der Waals surface area contributed by atoms with E-state index in [9.17, 15) is 13.2 Å². The topological polar surface area (TPSA) is 93.6 Å². The summed E-state index contributed by atoms with van der Waals surface area (Å²) < 4.78 is 27.7. The van der Waals surface area contributed by atoms with Gasteiger partial charge in [0.2, 0.25) is 10.0 Å². The summed E-state index contributed by atoms with van der Waals surface area (Å²) in [5, 5.41) is 11.7. The molecule has 28 heavy (non-hydrogen) atoms. The Kier molecular flexibility index (Phi) is 6.03. The van der Waals surface area contributed by atoms with Crippen molar-refractivity contribution in [1.82, 2.24) is 14.5 Å². The highest BCUT2D eigenvalue weighted by molar-refractivity contribution is 7.89. The number of nitrogens with zero attached hydrogens (tertiary/aromatic N) is 2. The number of hydrogen-bond acceptors (Lipinski definition) is 4. The molecule has 2 fully saturated rings. The van der Waals surface area contributed by atoms with Gasteiger partial charge in [0.1, 0.15) is 5.54 Å². The molecular formula is C19H27ClN4O3S. The number of guanidine groups is 1. The molecule has 0 aromatic heterocycles. The van der Waals surface area contributed by atoms with Gasteiger partial charge in [-0.1, -0.05) is 31.4 Å². The van der Waals surface area contributed by atoms with Crippen LogP contribution in [0.2, 0.25) is 5.02 Å². The smallest absolute Gasteiger partial charge is 0.255 e. The lowest BCUT2D eigenvalue weighted by Crippen LogP contribution is -2.58. The third-order valence-electron chi connectivity index (χ3n) is 5.82. The first-order valence-electron chi connectivity index (χ1n) is 9.63. The standard InChI is InChI=1S/C19H27ClN4O3S/c1-3-4-11-19(17(25)23(2)18(21)22-19)14-6-5-12-24(13-14)28(26,27)16-9-7-15(20)8-10-16/h7-10,14H,3-6,11-13H2,1-2H3,(H2,21,22)/t14?,19-/m1/s1. The zero-order chi connectivity index (χ0) is 20.5. The van der Waals surface area contributed by atoms with Gasteiger partial charge in [0.25, 0.3) is 5.91 Å². The Bertz CT molecular complexity index is 858. The number of likely N-dealkylation sites (N-methyl/N-ethyl adjacent to an activating group) is 1. The van der Waals surface area contributed by atoms with Gasteiger partial charge in [-0.3, -0.25) is 15.1 Å². The number of carbonyl (C=O) groups excluding carboxylic acids is 1. The molecular weight excluding hydrogens is 400 g/mol. The molecule has 2 aliphatic rings. The van der Waals surface area contributed by atoms with Gasteiger partial charge in [0.15, 0.2) is 5.96 Å². The number of hydrogen-bond donors (Lipinski definition) is 2. The molecule has 1 aromatic carbocycles. The van der Waals surface area contributed by atoms with Crippen molar-refractivity contribution in [2.24, 2.45) is 5.92 Å². The van der Waals surface area contributed by atoms with Gasteiger partial charge in [0, 0.05) is 31.1 Å². The van der Waals surface area contributed by atoms with Crippen molar-refractivity contribution in [1.29, 1.82) is 5.41 Å². The van der Waals surface area contributed by atoms with Gasteiger partial charge in [-0.15, -0.1) is 0 Å². The summed E-state index contributed by atoms with van der Waals surface area (Å²) in [5.41, 5.74) is -0.907. The fourth-order valence-corrected chi connectivity index (χ4v) is 5.82. The molecule has 0 radical (unpaired) electrons. The Morgan fingerprint density at radius 2 is 2.00 bits per heavy atom. The van der Waals surface area contributed by atoms with E-state index in [2.05, 4.69) is 12.2 Å². The highest BCUT2D eigenvalue weighted by Gasteiger charge is 2.54. The molecule has 0 saturated carbocycles. The summed E-state index contributed by atoms with van der Waals surface area (Å²) >= 11 is 5.89. The predicted octanol–water partition coefficient (Wildman–Crippen LogP) is 2.67. The number of rotatable bonds is 6. The van der Waals surface area contributed by atoms with Gasteiger partial charge in [-0.2, -0.15) is 4.31 Å². The zero-order valence-electron chi connectivity index (χ0n) is 16.2. The number of benzene rings is 1. The lowest BCUT2D eigenvalue weighted by molar-refractivity contribution is -0.133. The molecule has 2 N–H and O–H groups in total. The van der Waals surface area contributed by atoms with Gasteiger partial charge < -0.3 is 5.32 Å². The molecule has 2 aliphatic heterocycles. The monoisotopic (exact) mass is 426 g/mol. The van der Waals surface area contributed by atoms with Crippen LogP contribution in [-0.4, -0.2) is 55.2 Å². The number of halogens is 1. The maximum atomic E-state index is 13.1. The number of carbonyl (C=O) groups is 1. The zero-order valence-corrected chi connectivity index (χ0v) is 17.8. The molecule has 1 unspecified atom stereocenters. The molecule has 1 amide bonds. The third-order valence-corrected chi connectivity index (χ3v) is 7.95. The van der Waals surface area contributed by atoms with Crippen LogP contribution in [0, 0.1) is 11.3 Å². The minimum atomic E-state index is -3.66. The highest BCUT2D eigenvalue weighted by atomic mass is 35.5. The first kappa shape index (κ1) is 21.1. The molecule has 2 saturated heterocycles. The van der Waals surface area contributed by atoms with E-state index in [1.54, 1.807) is 19.2 Å². The number of nitrogens with one attached hydrogen (secondary N) is 2. The van der Waals surface area contributed by atoms with Crippen molar-refractivity contribution in [2.45, 2.75) is 49.5 Å². The van der Waals surface area contributed by atoms with Crippen LogP contribution >= 0.6 is 11.6 Å². The Morgan fingerprint density at radius 3 is 2.57 bits per heavy atom. The van der Waals surface area contributed by atoms with Crippen molar-refractivity contribution in [3.8, 4) is 0 Å².